The zero-order valence-corrected chi connectivity index (χ0v) is 13.9. The third-order valence-electron chi connectivity index (χ3n) is 3.74. The average molecular weight is 307 g/mol. The second-order valence-corrected chi connectivity index (χ2v) is 5.65. The summed E-state index contributed by atoms with van der Waals surface area (Å²) >= 11 is 0. The number of aromatic hydroxyl groups is 1. The highest BCUT2D eigenvalue weighted by molar-refractivity contribution is 5.75. The number of carbonyl (C=O) groups is 1. The predicted molar refractivity (Wildman–Crippen MR) is 89.1 cm³/mol. The fraction of sp³-hybridized carbons (Fsp3) is 0.611. The van der Waals surface area contributed by atoms with E-state index in [9.17, 15) is 9.90 Å². The molecular weight excluding hydrogens is 278 g/mol. The van der Waals surface area contributed by atoms with E-state index in [-0.39, 0.29) is 11.7 Å². The zero-order chi connectivity index (χ0) is 16.2. The largest absolute Gasteiger partial charge is 0.504 e. The van der Waals surface area contributed by atoms with Crippen molar-refractivity contribution in [1.82, 2.24) is 5.32 Å². The van der Waals surface area contributed by atoms with Gasteiger partial charge in [-0.2, -0.15) is 0 Å². The molecule has 0 aromatic heterocycles. The summed E-state index contributed by atoms with van der Waals surface area (Å²) in [6.45, 7) is 2.68. The Labute approximate surface area is 133 Å². The summed E-state index contributed by atoms with van der Waals surface area (Å²) < 4.78 is 5.05. The second kappa shape index (κ2) is 10.9. The van der Waals surface area contributed by atoms with Crippen LogP contribution in [-0.4, -0.2) is 18.1 Å². The molecule has 0 fully saturated rings. The minimum absolute atomic E-state index is 0.0839. The first-order chi connectivity index (χ1) is 10.7. The Bertz CT molecular complexity index is 446. The normalized spacial score (nSPS) is 10.5. The summed E-state index contributed by atoms with van der Waals surface area (Å²) in [6.07, 6.45) is 9.07. The number of phenols is 1. The maximum atomic E-state index is 11.8. The molecule has 0 bridgehead atoms. The number of hydrogen-bond donors (Lipinski definition) is 2. The fourth-order valence-electron chi connectivity index (χ4n) is 2.36. The summed E-state index contributed by atoms with van der Waals surface area (Å²) in [5.41, 5.74) is 0.919. The maximum absolute atomic E-state index is 11.8. The number of phenolic OH excluding ortho intramolecular Hbond substituents is 1. The molecule has 0 unspecified atom stereocenters. The topological polar surface area (TPSA) is 58.6 Å². The third-order valence-corrected chi connectivity index (χ3v) is 3.74. The van der Waals surface area contributed by atoms with Gasteiger partial charge in [-0.25, -0.2) is 0 Å². The molecule has 0 aliphatic rings. The summed E-state index contributed by atoms with van der Waals surface area (Å²) in [7, 11) is 1.51. The highest BCUT2D eigenvalue weighted by atomic mass is 16.5. The lowest BCUT2D eigenvalue weighted by Gasteiger charge is -2.08. The van der Waals surface area contributed by atoms with Crippen LogP contribution < -0.4 is 10.1 Å². The van der Waals surface area contributed by atoms with Gasteiger partial charge in [-0.3, -0.25) is 4.79 Å². The first-order valence-corrected chi connectivity index (χ1v) is 8.30. The van der Waals surface area contributed by atoms with Gasteiger partial charge in [-0.15, -0.1) is 0 Å². The van der Waals surface area contributed by atoms with Crippen molar-refractivity contribution >= 4 is 5.91 Å². The van der Waals surface area contributed by atoms with E-state index in [0.717, 1.165) is 18.4 Å². The highest BCUT2D eigenvalue weighted by Gasteiger charge is 2.05. The average Bonchev–Trinajstić information content (AvgIpc) is 2.53. The third kappa shape index (κ3) is 7.34. The number of nitrogens with one attached hydrogen (secondary N) is 1. The molecule has 0 spiro atoms. The van der Waals surface area contributed by atoms with Crippen molar-refractivity contribution in [2.24, 2.45) is 0 Å². The molecule has 124 valence electrons. The van der Waals surface area contributed by atoms with Crippen molar-refractivity contribution < 1.29 is 14.6 Å². The minimum atomic E-state index is 0.0839. The van der Waals surface area contributed by atoms with Crippen LogP contribution in [0.15, 0.2) is 18.2 Å². The SMILES string of the molecule is CCCCCCCCCC(=O)NCc1ccc(O)c(OC)c1. The maximum Gasteiger partial charge on any atom is 0.220 e. The highest BCUT2D eigenvalue weighted by Crippen LogP contribution is 2.26. The smallest absolute Gasteiger partial charge is 0.220 e. The summed E-state index contributed by atoms with van der Waals surface area (Å²) in [5, 5.41) is 12.4. The Morgan fingerprint density at radius 1 is 1.14 bits per heavy atom. The van der Waals surface area contributed by atoms with Gasteiger partial charge in [0.15, 0.2) is 11.5 Å². The van der Waals surface area contributed by atoms with Gasteiger partial charge < -0.3 is 15.2 Å². The quantitative estimate of drug-likeness (QED) is 0.604. The lowest BCUT2D eigenvalue weighted by molar-refractivity contribution is -0.121. The molecule has 0 heterocycles. The Morgan fingerprint density at radius 2 is 1.82 bits per heavy atom. The predicted octanol–water partition coefficient (Wildman–Crippen LogP) is 4.16. The van der Waals surface area contributed by atoms with E-state index in [0.29, 0.717) is 18.7 Å². The molecule has 1 aromatic rings. The van der Waals surface area contributed by atoms with Crippen LogP contribution in [0.1, 0.15) is 63.9 Å². The van der Waals surface area contributed by atoms with E-state index >= 15 is 0 Å². The Hall–Kier alpha value is -1.71. The van der Waals surface area contributed by atoms with Gasteiger partial charge in [0, 0.05) is 13.0 Å². The van der Waals surface area contributed by atoms with Crippen molar-refractivity contribution in [3.63, 3.8) is 0 Å². The van der Waals surface area contributed by atoms with Crippen molar-refractivity contribution in [2.45, 2.75) is 64.8 Å². The van der Waals surface area contributed by atoms with Crippen LogP contribution in [0.3, 0.4) is 0 Å². The lowest BCUT2D eigenvalue weighted by atomic mass is 10.1. The first kappa shape index (κ1) is 18.3. The van der Waals surface area contributed by atoms with Crippen molar-refractivity contribution in [3.05, 3.63) is 23.8 Å². The molecule has 4 heteroatoms. The zero-order valence-electron chi connectivity index (χ0n) is 13.9. The molecule has 2 N–H and O–H groups in total. The molecule has 4 nitrogen and oxygen atoms in total. The molecule has 1 rings (SSSR count). The van der Waals surface area contributed by atoms with E-state index in [4.69, 9.17) is 4.74 Å². The molecule has 0 aliphatic carbocycles. The number of ether oxygens (including phenoxy) is 1. The first-order valence-electron chi connectivity index (χ1n) is 8.30. The molecule has 1 amide bonds. The fourth-order valence-corrected chi connectivity index (χ4v) is 2.36. The number of amides is 1. The Kier molecular flexibility index (Phi) is 9.12. The summed E-state index contributed by atoms with van der Waals surface area (Å²) in [4.78, 5) is 11.8. The molecule has 0 atom stereocenters. The molecule has 0 aliphatic heterocycles. The number of rotatable bonds is 11. The van der Waals surface area contributed by atoms with Gasteiger partial charge in [0.05, 0.1) is 7.11 Å². The van der Waals surface area contributed by atoms with Crippen LogP contribution in [0, 0.1) is 0 Å². The van der Waals surface area contributed by atoms with Crippen LogP contribution in [0.25, 0.3) is 0 Å². The molecule has 0 radical (unpaired) electrons. The van der Waals surface area contributed by atoms with Crippen LogP contribution in [-0.2, 0) is 11.3 Å². The molecule has 1 aromatic carbocycles. The number of unbranched alkanes of at least 4 members (excludes halogenated alkanes) is 6. The van der Waals surface area contributed by atoms with Crippen LogP contribution in [0.5, 0.6) is 11.5 Å². The number of methoxy groups -OCH3 is 1. The molecule has 0 saturated carbocycles. The minimum Gasteiger partial charge on any atom is -0.504 e. The van der Waals surface area contributed by atoms with E-state index in [1.54, 1.807) is 18.2 Å². The van der Waals surface area contributed by atoms with Crippen LogP contribution in [0.2, 0.25) is 0 Å². The van der Waals surface area contributed by atoms with Gasteiger partial charge in [0.25, 0.3) is 0 Å². The Morgan fingerprint density at radius 3 is 2.50 bits per heavy atom. The van der Waals surface area contributed by atoms with Gasteiger partial charge >= 0.3 is 0 Å². The van der Waals surface area contributed by atoms with Gasteiger partial charge in [0.1, 0.15) is 0 Å². The van der Waals surface area contributed by atoms with Crippen LogP contribution in [0.4, 0.5) is 0 Å². The van der Waals surface area contributed by atoms with Gasteiger partial charge in [-0.1, -0.05) is 51.5 Å². The van der Waals surface area contributed by atoms with Crippen molar-refractivity contribution in [3.8, 4) is 11.5 Å². The van der Waals surface area contributed by atoms with Crippen LogP contribution >= 0.6 is 0 Å². The van der Waals surface area contributed by atoms with E-state index < -0.39 is 0 Å². The molecule has 0 saturated heterocycles. The Balaban J connectivity index is 2.15. The lowest BCUT2D eigenvalue weighted by Crippen LogP contribution is -2.22. The van der Waals surface area contributed by atoms with E-state index in [1.807, 2.05) is 0 Å². The standard InChI is InChI=1S/C18H29NO3/c1-3-4-5-6-7-8-9-10-18(21)19-14-15-11-12-16(20)17(13-15)22-2/h11-13,20H,3-10,14H2,1-2H3,(H,19,21). The van der Waals surface area contributed by atoms with E-state index in [1.165, 1.54) is 39.2 Å². The summed E-state index contributed by atoms with van der Waals surface area (Å²) in [6, 6.07) is 5.10. The number of hydrogen-bond acceptors (Lipinski definition) is 3. The van der Waals surface area contributed by atoms with Crippen molar-refractivity contribution in [2.75, 3.05) is 7.11 Å². The van der Waals surface area contributed by atoms with Gasteiger partial charge in [-0.05, 0) is 24.1 Å². The van der Waals surface area contributed by atoms with E-state index in [2.05, 4.69) is 12.2 Å². The second-order valence-electron chi connectivity index (χ2n) is 5.65. The molecule has 22 heavy (non-hydrogen) atoms. The van der Waals surface area contributed by atoms with Gasteiger partial charge in [0.2, 0.25) is 5.91 Å². The molecular formula is C18H29NO3. The number of carbonyl (C=O) groups excluding carboxylic acids is 1. The number of benzene rings is 1. The van der Waals surface area contributed by atoms with Crippen molar-refractivity contribution in [1.29, 1.82) is 0 Å². The summed E-state index contributed by atoms with van der Waals surface area (Å²) in [5.74, 6) is 0.625. The monoisotopic (exact) mass is 307 g/mol.